The Bertz CT molecular complexity index is 797. The summed E-state index contributed by atoms with van der Waals surface area (Å²) in [4.78, 5) is 11.6. The molecule has 0 fully saturated rings. The Morgan fingerprint density at radius 1 is 1.08 bits per heavy atom. The van der Waals surface area contributed by atoms with Gasteiger partial charge in [0.05, 0.1) is 12.2 Å². The highest BCUT2D eigenvalue weighted by Gasteiger charge is 2.08. The first-order chi connectivity index (χ1) is 11.5. The van der Waals surface area contributed by atoms with Gasteiger partial charge in [-0.25, -0.2) is 17.9 Å². The van der Waals surface area contributed by atoms with Crippen LogP contribution in [0.3, 0.4) is 0 Å². The van der Waals surface area contributed by atoms with Gasteiger partial charge in [0.1, 0.15) is 0 Å². The monoisotopic (exact) mass is 345 g/mol. The molecule has 0 spiro atoms. The summed E-state index contributed by atoms with van der Waals surface area (Å²) >= 11 is 0. The van der Waals surface area contributed by atoms with Crippen LogP contribution >= 0.6 is 0 Å². The van der Waals surface area contributed by atoms with E-state index in [2.05, 4.69) is 4.72 Å². The summed E-state index contributed by atoms with van der Waals surface area (Å²) in [5, 5.41) is 1.13. The van der Waals surface area contributed by atoms with Gasteiger partial charge < -0.3 is 4.74 Å². The average molecular weight is 345 g/mol. The number of rotatable bonds is 7. The Kier molecular flexibility index (Phi) is 6.28. The molecule has 6 heteroatoms. The van der Waals surface area contributed by atoms with Crippen LogP contribution in [0.15, 0.2) is 60.0 Å². The van der Waals surface area contributed by atoms with Crippen LogP contribution in [0, 0.1) is 0 Å². The maximum atomic E-state index is 12.0. The minimum absolute atomic E-state index is 0.143. The number of hydrogen-bond acceptors (Lipinski definition) is 4. The van der Waals surface area contributed by atoms with Crippen molar-refractivity contribution >= 4 is 22.1 Å². The highest BCUT2D eigenvalue weighted by atomic mass is 32.2. The topological polar surface area (TPSA) is 72.5 Å². The lowest BCUT2D eigenvalue weighted by atomic mass is 10.1. The fraction of sp³-hybridized carbons (Fsp3) is 0.167. The number of nitrogens with one attached hydrogen (secondary N) is 1. The third-order valence-electron chi connectivity index (χ3n) is 3.18. The molecule has 126 valence electrons. The van der Waals surface area contributed by atoms with Crippen LogP contribution in [0.4, 0.5) is 0 Å². The lowest BCUT2D eigenvalue weighted by Gasteiger charge is -2.05. The van der Waals surface area contributed by atoms with Crippen LogP contribution in [-0.2, 0) is 21.3 Å². The molecule has 24 heavy (non-hydrogen) atoms. The Balaban J connectivity index is 1.94. The Morgan fingerprint density at radius 2 is 1.75 bits per heavy atom. The highest BCUT2D eigenvalue weighted by molar-refractivity contribution is 7.92. The van der Waals surface area contributed by atoms with Crippen molar-refractivity contribution in [2.75, 3.05) is 6.61 Å². The molecule has 2 aromatic carbocycles. The quantitative estimate of drug-likeness (QED) is 0.783. The van der Waals surface area contributed by atoms with Crippen LogP contribution in [0.5, 0.6) is 0 Å². The molecule has 0 aliphatic carbocycles. The van der Waals surface area contributed by atoms with Crippen molar-refractivity contribution in [3.63, 3.8) is 0 Å². The maximum absolute atomic E-state index is 12.0. The standard InChI is InChI=1S/C18H19NO4S/c1-2-23-18(20)17-10-8-16(9-11-17)14-19-24(21,22)13-12-15-6-4-3-5-7-15/h3-13,19H,2,14H2,1H3/b13-12+. The van der Waals surface area contributed by atoms with Gasteiger partial charge in [0.15, 0.2) is 0 Å². The minimum atomic E-state index is -3.54. The van der Waals surface area contributed by atoms with Gasteiger partial charge in [-0.1, -0.05) is 42.5 Å². The lowest BCUT2D eigenvalue weighted by Crippen LogP contribution is -2.20. The summed E-state index contributed by atoms with van der Waals surface area (Å²) in [6, 6.07) is 15.8. The van der Waals surface area contributed by atoms with E-state index in [4.69, 9.17) is 4.74 Å². The Hall–Kier alpha value is -2.44. The van der Waals surface area contributed by atoms with Crippen molar-refractivity contribution in [3.05, 3.63) is 76.7 Å². The van der Waals surface area contributed by atoms with Gasteiger partial charge in [-0.2, -0.15) is 0 Å². The molecule has 1 N–H and O–H groups in total. The molecule has 0 aliphatic rings. The van der Waals surface area contributed by atoms with E-state index < -0.39 is 16.0 Å². The molecular formula is C18H19NO4S. The van der Waals surface area contributed by atoms with Crippen molar-refractivity contribution < 1.29 is 17.9 Å². The normalized spacial score (nSPS) is 11.5. The van der Waals surface area contributed by atoms with Crippen LogP contribution in [0.25, 0.3) is 6.08 Å². The van der Waals surface area contributed by atoms with Crippen molar-refractivity contribution in [1.29, 1.82) is 0 Å². The molecule has 0 saturated heterocycles. The van der Waals surface area contributed by atoms with Gasteiger partial charge >= 0.3 is 5.97 Å². The third kappa shape index (κ3) is 5.64. The molecule has 2 rings (SSSR count). The third-order valence-corrected chi connectivity index (χ3v) is 4.22. The van der Waals surface area contributed by atoms with Crippen molar-refractivity contribution in [3.8, 4) is 0 Å². The molecule has 0 saturated carbocycles. The van der Waals surface area contributed by atoms with E-state index in [-0.39, 0.29) is 6.54 Å². The summed E-state index contributed by atoms with van der Waals surface area (Å²) < 4.78 is 31.3. The fourth-order valence-corrected chi connectivity index (χ4v) is 2.74. The molecule has 0 aliphatic heterocycles. The van der Waals surface area contributed by atoms with Gasteiger partial charge in [0, 0.05) is 12.0 Å². The first kappa shape index (κ1) is 17.9. The molecule has 2 aromatic rings. The molecule has 0 radical (unpaired) electrons. The Labute approximate surface area is 142 Å². The predicted octanol–water partition coefficient (Wildman–Crippen LogP) is 2.95. The van der Waals surface area contributed by atoms with E-state index in [1.165, 1.54) is 6.08 Å². The van der Waals surface area contributed by atoms with Crippen LogP contribution in [0.2, 0.25) is 0 Å². The average Bonchev–Trinajstić information content (AvgIpc) is 2.60. The molecule has 0 unspecified atom stereocenters. The minimum Gasteiger partial charge on any atom is -0.462 e. The van der Waals surface area contributed by atoms with Gasteiger partial charge in [-0.05, 0) is 36.3 Å². The molecule has 0 amide bonds. The van der Waals surface area contributed by atoms with E-state index >= 15 is 0 Å². The Morgan fingerprint density at radius 3 is 2.38 bits per heavy atom. The molecule has 5 nitrogen and oxygen atoms in total. The molecule has 0 aromatic heterocycles. The van der Waals surface area contributed by atoms with E-state index in [0.29, 0.717) is 12.2 Å². The summed E-state index contributed by atoms with van der Waals surface area (Å²) in [7, 11) is -3.54. The van der Waals surface area contributed by atoms with Crippen LogP contribution in [0.1, 0.15) is 28.4 Å². The number of sulfonamides is 1. The van der Waals surface area contributed by atoms with Crippen LogP contribution in [-0.4, -0.2) is 21.0 Å². The first-order valence-corrected chi connectivity index (χ1v) is 9.03. The second-order valence-corrected chi connectivity index (χ2v) is 6.65. The van der Waals surface area contributed by atoms with Crippen molar-refractivity contribution in [2.45, 2.75) is 13.5 Å². The van der Waals surface area contributed by atoms with E-state index in [1.54, 1.807) is 31.2 Å². The summed E-state index contributed by atoms with van der Waals surface area (Å²) in [5.41, 5.74) is 1.99. The zero-order valence-corrected chi connectivity index (χ0v) is 14.1. The smallest absolute Gasteiger partial charge is 0.338 e. The summed E-state index contributed by atoms with van der Waals surface area (Å²) in [5.74, 6) is -0.393. The zero-order chi connectivity index (χ0) is 17.4. The number of hydrogen-bond donors (Lipinski definition) is 1. The number of ether oxygens (including phenoxy) is 1. The molecule has 0 heterocycles. The zero-order valence-electron chi connectivity index (χ0n) is 13.3. The number of esters is 1. The largest absolute Gasteiger partial charge is 0.462 e. The van der Waals surface area contributed by atoms with E-state index in [0.717, 1.165) is 16.5 Å². The number of benzene rings is 2. The SMILES string of the molecule is CCOC(=O)c1ccc(CNS(=O)(=O)/C=C/c2ccccc2)cc1. The van der Waals surface area contributed by atoms with E-state index in [1.807, 2.05) is 30.3 Å². The first-order valence-electron chi connectivity index (χ1n) is 7.49. The molecule has 0 bridgehead atoms. The lowest BCUT2D eigenvalue weighted by molar-refractivity contribution is 0.0526. The molecular weight excluding hydrogens is 326 g/mol. The second kappa shape index (κ2) is 8.42. The predicted molar refractivity (Wildman–Crippen MR) is 93.6 cm³/mol. The van der Waals surface area contributed by atoms with Crippen LogP contribution < -0.4 is 4.72 Å². The van der Waals surface area contributed by atoms with Crippen molar-refractivity contribution in [1.82, 2.24) is 4.72 Å². The van der Waals surface area contributed by atoms with Gasteiger partial charge in [0.25, 0.3) is 0 Å². The second-order valence-electron chi connectivity index (χ2n) is 5.00. The summed E-state index contributed by atoms with van der Waals surface area (Å²) in [6.07, 6.45) is 1.53. The highest BCUT2D eigenvalue weighted by Crippen LogP contribution is 2.07. The summed E-state index contributed by atoms with van der Waals surface area (Å²) in [6.45, 7) is 2.20. The fourth-order valence-electron chi connectivity index (χ4n) is 1.94. The van der Waals surface area contributed by atoms with E-state index in [9.17, 15) is 13.2 Å². The number of carbonyl (C=O) groups excluding carboxylic acids is 1. The van der Waals surface area contributed by atoms with Gasteiger partial charge in [0.2, 0.25) is 10.0 Å². The maximum Gasteiger partial charge on any atom is 0.338 e. The van der Waals surface area contributed by atoms with Gasteiger partial charge in [-0.15, -0.1) is 0 Å². The molecule has 0 atom stereocenters. The van der Waals surface area contributed by atoms with Crippen molar-refractivity contribution in [2.24, 2.45) is 0 Å². The van der Waals surface area contributed by atoms with Gasteiger partial charge in [-0.3, -0.25) is 0 Å². The number of carbonyl (C=O) groups is 1.